The van der Waals surface area contributed by atoms with Crippen LogP contribution in [0.25, 0.3) is 0 Å². The first-order valence-electron chi connectivity index (χ1n) is 5.69. The number of aryl methyl sites for hydroxylation is 1. The highest BCUT2D eigenvalue weighted by Gasteiger charge is 2.08. The van der Waals surface area contributed by atoms with Crippen molar-refractivity contribution in [2.45, 2.75) is 33.1 Å². The number of aromatic nitrogens is 1. The molecule has 0 saturated heterocycles. The molecule has 0 aliphatic heterocycles. The van der Waals surface area contributed by atoms with Gasteiger partial charge in [-0.1, -0.05) is 6.07 Å². The average Bonchev–Trinajstić information content (AvgIpc) is 2.27. The molecule has 0 fully saturated rings. The van der Waals surface area contributed by atoms with Gasteiger partial charge in [-0.15, -0.1) is 0 Å². The Morgan fingerprint density at radius 3 is 2.71 bits per heavy atom. The maximum absolute atomic E-state index is 11.6. The van der Waals surface area contributed by atoms with Crippen LogP contribution >= 0.6 is 0 Å². The molecular weight excluding hydrogens is 218 g/mol. The number of Topliss-reactive ketones (excluding diaryl/α,β-unsaturated/α-hetero) is 1. The summed E-state index contributed by atoms with van der Waals surface area (Å²) in [6.45, 7) is 4.03. The Kier molecular flexibility index (Phi) is 5.33. The fourth-order valence-electron chi connectivity index (χ4n) is 1.50. The lowest BCUT2D eigenvalue weighted by molar-refractivity contribution is -0.144. The SMILES string of the molecule is CCOC(=O)CCC(=O)Cc1cncc(C)c1. The van der Waals surface area contributed by atoms with E-state index < -0.39 is 0 Å². The van der Waals surface area contributed by atoms with E-state index in [1.165, 1.54) is 0 Å². The lowest BCUT2D eigenvalue weighted by Gasteiger charge is -2.02. The van der Waals surface area contributed by atoms with Gasteiger partial charge in [-0.05, 0) is 25.0 Å². The topological polar surface area (TPSA) is 56.3 Å². The van der Waals surface area contributed by atoms with Crippen LogP contribution in [0, 0.1) is 6.92 Å². The van der Waals surface area contributed by atoms with Crippen LogP contribution in [0.2, 0.25) is 0 Å². The highest BCUT2D eigenvalue weighted by Crippen LogP contribution is 2.05. The molecule has 4 heteroatoms. The van der Waals surface area contributed by atoms with Gasteiger partial charge in [0.2, 0.25) is 0 Å². The molecule has 0 aliphatic rings. The zero-order valence-corrected chi connectivity index (χ0v) is 10.2. The molecule has 4 nitrogen and oxygen atoms in total. The van der Waals surface area contributed by atoms with E-state index in [1.54, 1.807) is 19.3 Å². The minimum atomic E-state index is -0.316. The first kappa shape index (κ1) is 13.4. The number of ketones is 1. The highest BCUT2D eigenvalue weighted by atomic mass is 16.5. The van der Waals surface area contributed by atoms with E-state index in [-0.39, 0.29) is 24.6 Å². The molecule has 0 N–H and O–H groups in total. The Labute approximate surface area is 101 Å². The van der Waals surface area contributed by atoms with Gasteiger partial charge in [-0.3, -0.25) is 14.6 Å². The van der Waals surface area contributed by atoms with E-state index in [1.807, 2.05) is 13.0 Å². The second kappa shape index (κ2) is 6.78. The summed E-state index contributed by atoms with van der Waals surface area (Å²) >= 11 is 0. The third-order valence-electron chi connectivity index (χ3n) is 2.25. The molecule has 17 heavy (non-hydrogen) atoms. The molecule has 1 aromatic heterocycles. The van der Waals surface area contributed by atoms with Gasteiger partial charge in [-0.25, -0.2) is 0 Å². The number of pyridine rings is 1. The molecule has 0 radical (unpaired) electrons. The van der Waals surface area contributed by atoms with Crippen molar-refractivity contribution in [3.63, 3.8) is 0 Å². The number of hydrogen-bond acceptors (Lipinski definition) is 4. The maximum Gasteiger partial charge on any atom is 0.306 e. The van der Waals surface area contributed by atoms with Crippen LogP contribution in [-0.4, -0.2) is 23.3 Å². The van der Waals surface area contributed by atoms with Crippen molar-refractivity contribution < 1.29 is 14.3 Å². The summed E-state index contributed by atoms with van der Waals surface area (Å²) in [6, 6.07) is 1.93. The van der Waals surface area contributed by atoms with Crippen molar-refractivity contribution in [2.75, 3.05) is 6.61 Å². The molecule has 1 aromatic rings. The van der Waals surface area contributed by atoms with E-state index in [9.17, 15) is 9.59 Å². The van der Waals surface area contributed by atoms with Gasteiger partial charge in [0.15, 0.2) is 0 Å². The molecule has 0 aromatic carbocycles. The molecule has 0 bridgehead atoms. The normalized spacial score (nSPS) is 10.0. The molecule has 1 rings (SSSR count). The first-order valence-corrected chi connectivity index (χ1v) is 5.69. The third kappa shape index (κ3) is 5.24. The van der Waals surface area contributed by atoms with Gasteiger partial charge in [-0.2, -0.15) is 0 Å². The number of rotatable bonds is 6. The Morgan fingerprint density at radius 1 is 1.29 bits per heavy atom. The summed E-state index contributed by atoms with van der Waals surface area (Å²) in [5, 5.41) is 0. The molecule has 1 heterocycles. The van der Waals surface area contributed by atoms with Crippen LogP contribution < -0.4 is 0 Å². The summed E-state index contributed by atoms with van der Waals surface area (Å²) in [4.78, 5) is 26.7. The predicted octanol–water partition coefficient (Wildman–Crippen LogP) is 1.84. The minimum Gasteiger partial charge on any atom is -0.466 e. The third-order valence-corrected chi connectivity index (χ3v) is 2.25. The first-order chi connectivity index (χ1) is 8.11. The van der Waals surface area contributed by atoms with Crippen molar-refractivity contribution in [1.82, 2.24) is 4.98 Å². The zero-order valence-electron chi connectivity index (χ0n) is 10.2. The number of hydrogen-bond donors (Lipinski definition) is 0. The molecule has 0 aliphatic carbocycles. The molecule has 0 unspecified atom stereocenters. The second-order valence-electron chi connectivity index (χ2n) is 3.89. The van der Waals surface area contributed by atoms with Gasteiger partial charge < -0.3 is 4.74 Å². The fraction of sp³-hybridized carbons (Fsp3) is 0.462. The summed E-state index contributed by atoms with van der Waals surface area (Å²) in [7, 11) is 0. The summed E-state index contributed by atoms with van der Waals surface area (Å²) < 4.78 is 4.76. The zero-order chi connectivity index (χ0) is 12.7. The van der Waals surface area contributed by atoms with E-state index >= 15 is 0 Å². The highest BCUT2D eigenvalue weighted by molar-refractivity contribution is 5.84. The van der Waals surface area contributed by atoms with Crippen LogP contribution in [0.5, 0.6) is 0 Å². The smallest absolute Gasteiger partial charge is 0.306 e. The fourth-order valence-corrected chi connectivity index (χ4v) is 1.50. The van der Waals surface area contributed by atoms with Crippen LogP contribution in [0.3, 0.4) is 0 Å². The Balaban J connectivity index is 2.37. The Bertz CT molecular complexity index is 401. The van der Waals surface area contributed by atoms with Crippen molar-refractivity contribution >= 4 is 11.8 Å². The largest absolute Gasteiger partial charge is 0.466 e. The number of ether oxygens (including phenoxy) is 1. The summed E-state index contributed by atoms with van der Waals surface area (Å²) in [5.74, 6) is -0.284. The van der Waals surface area contributed by atoms with Crippen LogP contribution in [-0.2, 0) is 20.7 Å². The van der Waals surface area contributed by atoms with Crippen molar-refractivity contribution in [2.24, 2.45) is 0 Å². The van der Waals surface area contributed by atoms with Crippen LogP contribution in [0.15, 0.2) is 18.5 Å². The second-order valence-corrected chi connectivity index (χ2v) is 3.89. The summed E-state index contributed by atoms with van der Waals surface area (Å²) in [6.07, 6.45) is 4.13. The number of nitrogens with zero attached hydrogens (tertiary/aromatic N) is 1. The predicted molar refractivity (Wildman–Crippen MR) is 63.6 cm³/mol. The monoisotopic (exact) mass is 235 g/mol. The Hall–Kier alpha value is -1.71. The molecule has 92 valence electrons. The van der Waals surface area contributed by atoms with E-state index in [0.29, 0.717) is 13.0 Å². The number of carbonyl (C=O) groups excluding carboxylic acids is 2. The van der Waals surface area contributed by atoms with Crippen molar-refractivity contribution in [1.29, 1.82) is 0 Å². The maximum atomic E-state index is 11.6. The standard InChI is InChI=1S/C13H17NO3/c1-3-17-13(16)5-4-12(15)7-11-6-10(2)8-14-9-11/h6,8-9H,3-5,7H2,1-2H3. The van der Waals surface area contributed by atoms with E-state index in [2.05, 4.69) is 4.98 Å². The van der Waals surface area contributed by atoms with Crippen molar-refractivity contribution in [3.8, 4) is 0 Å². The molecule has 0 spiro atoms. The minimum absolute atomic E-state index is 0.0328. The number of carbonyl (C=O) groups is 2. The number of esters is 1. The van der Waals surface area contributed by atoms with Crippen LogP contribution in [0.1, 0.15) is 30.9 Å². The van der Waals surface area contributed by atoms with Crippen molar-refractivity contribution in [3.05, 3.63) is 29.6 Å². The van der Waals surface area contributed by atoms with Gasteiger partial charge in [0.1, 0.15) is 5.78 Å². The molecular formula is C13H17NO3. The van der Waals surface area contributed by atoms with E-state index in [4.69, 9.17) is 4.74 Å². The van der Waals surface area contributed by atoms with Gasteiger partial charge >= 0.3 is 5.97 Å². The van der Waals surface area contributed by atoms with Gasteiger partial charge in [0.25, 0.3) is 0 Å². The van der Waals surface area contributed by atoms with E-state index in [0.717, 1.165) is 11.1 Å². The average molecular weight is 235 g/mol. The van der Waals surface area contributed by atoms with Crippen LogP contribution in [0.4, 0.5) is 0 Å². The van der Waals surface area contributed by atoms with Gasteiger partial charge in [0.05, 0.1) is 13.0 Å². The lowest BCUT2D eigenvalue weighted by atomic mass is 10.1. The lowest BCUT2D eigenvalue weighted by Crippen LogP contribution is -2.09. The quantitative estimate of drug-likeness (QED) is 0.706. The van der Waals surface area contributed by atoms with Gasteiger partial charge in [0, 0.05) is 25.2 Å². The molecule has 0 saturated carbocycles. The summed E-state index contributed by atoms with van der Waals surface area (Å²) in [5.41, 5.74) is 1.92. The Morgan fingerprint density at radius 2 is 2.06 bits per heavy atom. The molecule has 0 atom stereocenters. The molecule has 0 amide bonds.